The molecule has 6 nitrogen and oxygen atoms in total. The summed E-state index contributed by atoms with van der Waals surface area (Å²) in [6.07, 6.45) is 3.01. The molecule has 1 aliphatic rings. The average molecular weight is 454 g/mol. The third-order valence-corrected chi connectivity index (χ3v) is 5.58. The van der Waals surface area contributed by atoms with Crippen molar-refractivity contribution in [3.8, 4) is 17.6 Å². The minimum Gasteiger partial charge on any atom is -0.495 e. The van der Waals surface area contributed by atoms with Crippen LogP contribution in [0, 0.1) is 22.2 Å². The Balaban J connectivity index is 0.000000335. The molecule has 0 aliphatic heterocycles. The van der Waals surface area contributed by atoms with Crippen molar-refractivity contribution in [3.05, 3.63) is 53.3 Å². The first-order valence-corrected chi connectivity index (χ1v) is 11.4. The van der Waals surface area contributed by atoms with E-state index in [9.17, 15) is 4.79 Å². The van der Waals surface area contributed by atoms with E-state index >= 15 is 0 Å². The maximum atomic E-state index is 10.6. The number of carbonyl (C=O) groups excluding carboxylic acids is 1. The number of rotatable bonds is 5. The van der Waals surface area contributed by atoms with E-state index in [-0.39, 0.29) is 16.9 Å². The van der Waals surface area contributed by atoms with Gasteiger partial charge in [0.2, 0.25) is 0 Å². The number of methoxy groups -OCH3 is 1. The summed E-state index contributed by atoms with van der Waals surface area (Å²) in [6, 6.07) is 11.0. The van der Waals surface area contributed by atoms with E-state index in [1.54, 1.807) is 31.5 Å². The Morgan fingerprint density at radius 1 is 1.15 bits per heavy atom. The molecule has 3 rings (SSSR count). The first-order chi connectivity index (χ1) is 15.4. The third kappa shape index (κ3) is 7.21. The number of carbonyl (C=O) groups is 1. The van der Waals surface area contributed by atoms with Crippen LogP contribution < -0.4 is 15.2 Å². The average Bonchev–Trinajstić information content (AvgIpc) is 2.78. The number of pyridine rings is 1. The zero-order valence-corrected chi connectivity index (χ0v) is 21.5. The minimum absolute atomic E-state index is 0.178. The number of aromatic nitrogens is 1. The molecule has 0 radical (unpaired) electrons. The van der Waals surface area contributed by atoms with Crippen LogP contribution in [0.4, 0.5) is 0 Å². The Labute approximate surface area is 199 Å². The number of ether oxygens (including phenoxy) is 2. The quantitative estimate of drug-likeness (QED) is 0.590. The number of amides is 1. The van der Waals surface area contributed by atoms with Crippen LogP contribution in [0.15, 0.2) is 36.5 Å². The fourth-order valence-corrected chi connectivity index (χ4v) is 4.47. The molecule has 1 heterocycles. The molecule has 6 heteroatoms. The highest BCUT2D eigenvalue weighted by Gasteiger charge is 2.54. The van der Waals surface area contributed by atoms with Crippen molar-refractivity contribution in [3.63, 3.8) is 0 Å². The lowest BCUT2D eigenvalue weighted by molar-refractivity contribution is -0.133. The SMILES string of the molecule is CC.CC(C)c1ccc(C(N)=O)nc1.COc1cc(OC2C(C)(C)CC2(C)C)ccc1C#N. The maximum absolute atomic E-state index is 10.6. The van der Waals surface area contributed by atoms with Crippen LogP contribution in [0.1, 0.15) is 89.3 Å². The Morgan fingerprint density at radius 2 is 1.76 bits per heavy atom. The monoisotopic (exact) mass is 453 g/mol. The molecule has 0 spiro atoms. The number of benzene rings is 1. The fraction of sp³-hybridized carbons (Fsp3) is 0.519. The standard InChI is InChI=1S/C16H21NO2.C9H12N2O.C2H6/c1-15(2)10-16(3,4)14(15)19-12-7-6-11(9-17)13(8-12)18-5;1-6(2)7-3-4-8(9(10)12)11-5-7;1-2/h6-8,14H,10H2,1-5H3;3-6H,1-2H3,(H2,10,12);1-2H3. The lowest BCUT2D eigenvalue weighted by atomic mass is 9.53. The van der Waals surface area contributed by atoms with Gasteiger partial charge in [0.25, 0.3) is 5.91 Å². The van der Waals surface area contributed by atoms with E-state index < -0.39 is 5.91 Å². The summed E-state index contributed by atoms with van der Waals surface area (Å²) in [5.74, 6) is 1.28. The Bertz CT molecular complexity index is 944. The molecule has 1 aliphatic carbocycles. The van der Waals surface area contributed by atoms with Gasteiger partial charge in [-0.15, -0.1) is 0 Å². The summed E-state index contributed by atoms with van der Waals surface area (Å²) >= 11 is 0. The van der Waals surface area contributed by atoms with Crippen LogP contribution in [0.5, 0.6) is 11.5 Å². The number of primary amides is 1. The number of hydrogen-bond donors (Lipinski definition) is 1. The first kappa shape index (κ1) is 28.0. The number of nitrogens with zero attached hydrogens (tertiary/aromatic N) is 2. The molecule has 0 unspecified atom stereocenters. The molecule has 1 aromatic carbocycles. The summed E-state index contributed by atoms with van der Waals surface area (Å²) in [5, 5.41) is 8.98. The molecule has 0 atom stereocenters. The zero-order valence-electron chi connectivity index (χ0n) is 21.5. The van der Waals surface area contributed by atoms with Crippen LogP contribution in [-0.4, -0.2) is 24.1 Å². The number of nitrogens with two attached hydrogens (primary N) is 1. The topological polar surface area (TPSA) is 98.2 Å². The second-order valence-corrected chi connectivity index (χ2v) is 9.62. The van der Waals surface area contributed by atoms with Gasteiger partial charge in [-0.3, -0.25) is 9.78 Å². The lowest BCUT2D eigenvalue weighted by Gasteiger charge is -2.56. The Morgan fingerprint density at radius 3 is 2.15 bits per heavy atom. The van der Waals surface area contributed by atoms with Gasteiger partial charge in [0, 0.05) is 23.1 Å². The van der Waals surface area contributed by atoms with Crippen molar-refractivity contribution in [2.24, 2.45) is 16.6 Å². The van der Waals surface area contributed by atoms with Gasteiger partial charge in [-0.05, 0) is 36.1 Å². The van der Waals surface area contributed by atoms with E-state index in [2.05, 4.69) is 52.6 Å². The highest BCUT2D eigenvalue weighted by Crippen LogP contribution is 2.55. The normalized spacial score (nSPS) is 15.5. The van der Waals surface area contributed by atoms with E-state index in [0.717, 1.165) is 17.7 Å². The lowest BCUT2D eigenvalue weighted by Crippen LogP contribution is -2.58. The van der Waals surface area contributed by atoms with Gasteiger partial charge in [0.05, 0.1) is 12.7 Å². The summed E-state index contributed by atoms with van der Waals surface area (Å²) in [6.45, 7) is 17.0. The summed E-state index contributed by atoms with van der Waals surface area (Å²) in [5.41, 5.74) is 7.37. The van der Waals surface area contributed by atoms with Crippen LogP contribution in [0.2, 0.25) is 0 Å². The zero-order chi connectivity index (χ0) is 25.4. The van der Waals surface area contributed by atoms with Gasteiger partial charge in [0.1, 0.15) is 29.4 Å². The van der Waals surface area contributed by atoms with Crippen LogP contribution >= 0.6 is 0 Å². The number of hydrogen-bond acceptors (Lipinski definition) is 5. The molecule has 1 amide bonds. The molecule has 1 saturated carbocycles. The van der Waals surface area contributed by atoms with Crippen LogP contribution in [-0.2, 0) is 0 Å². The Hall–Kier alpha value is -3.07. The number of nitriles is 1. The fourth-order valence-electron chi connectivity index (χ4n) is 4.47. The largest absolute Gasteiger partial charge is 0.495 e. The molecule has 2 N–H and O–H groups in total. The van der Waals surface area contributed by atoms with Crippen LogP contribution in [0.25, 0.3) is 0 Å². The van der Waals surface area contributed by atoms with Gasteiger partial charge in [-0.25, -0.2) is 0 Å². The van der Waals surface area contributed by atoms with E-state index in [1.165, 1.54) is 0 Å². The van der Waals surface area contributed by atoms with Crippen molar-refractivity contribution in [1.29, 1.82) is 5.26 Å². The summed E-state index contributed by atoms with van der Waals surface area (Å²) in [7, 11) is 1.57. The smallest absolute Gasteiger partial charge is 0.267 e. The molecule has 180 valence electrons. The van der Waals surface area contributed by atoms with E-state index in [4.69, 9.17) is 20.5 Å². The highest BCUT2D eigenvalue weighted by molar-refractivity contribution is 5.90. The molecule has 1 aromatic heterocycles. The molecule has 2 aromatic rings. The summed E-state index contributed by atoms with van der Waals surface area (Å²) in [4.78, 5) is 14.6. The highest BCUT2D eigenvalue weighted by atomic mass is 16.5. The van der Waals surface area contributed by atoms with Crippen molar-refractivity contribution < 1.29 is 14.3 Å². The second-order valence-electron chi connectivity index (χ2n) is 9.62. The van der Waals surface area contributed by atoms with Gasteiger partial charge in [-0.2, -0.15) is 5.26 Å². The van der Waals surface area contributed by atoms with E-state index in [0.29, 0.717) is 22.9 Å². The Kier molecular flexibility index (Phi) is 9.91. The molecule has 33 heavy (non-hydrogen) atoms. The molecule has 0 saturated heterocycles. The van der Waals surface area contributed by atoms with Crippen molar-refractivity contribution >= 4 is 5.91 Å². The molecule has 0 bridgehead atoms. The minimum atomic E-state index is -0.481. The van der Waals surface area contributed by atoms with Crippen LogP contribution in [0.3, 0.4) is 0 Å². The molecule has 1 fully saturated rings. The van der Waals surface area contributed by atoms with Gasteiger partial charge in [-0.1, -0.05) is 61.5 Å². The molecular formula is C27H39N3O3. The van der Waals surface area contributed by atoms with Gasteiger partial charge in [0.15, 0.2) is 0 Å². The first-order valence-electron chi connectivity index (χ1n) is 11.4. The van der Waals surface area contributed by atoms with E-state index in [1.807, 2.05) is 26.0 Å². The second kappa shape index (κ2) is 11.7. The van der Waals surface area contributed by atoms with Crippen molar-refractivity contribution in [1.82, 2.24) is 4.98 Å². The molecular weight excluding hydrogens is 414 g/mol. The predicted molar refractivity (Wildman–Crippen MR) is 132 cm³/mol. The third-order valence-electron chi connectivity index (χ3n) is 5.58. The summed E-state index contributed by atoms with van der Waals surface area (Å²) < 4.78 is 11.3. The predicted octanol–water partition coefficient (Wildman–Crippen LogP) is 6.10. The van der Waals surface area contributed by atoms with Crippen molar-refractivity contribution in [2.45, 2.75) is 73.8 Å². The van der Waals surface area contributed by atoms with Crippen molar-refractivity contribution in [2.75, 3.05) is 7.11 Å². The maximum Gasteiger partial charge on any atom is 0.267 e. The van der Waals surface area contributed by atoms with Gasteiger partial charge < -0.3 is 15.2 Å². The van der Waals surface area contributed by atoms with Gasteiger partial charge >= 0.3 is 0 Å².